The fraction of sp³-hybridized carbons (Fsp3) is 0.500. The molecule has 0 fully saturated rings. The fourth-order valence-corrected chi connectivity index (χ4v) is 1.80. The molecule has 3 N–H and O–H groups in total. The van der Waals surface area contributed by atoms with E-state index in [1.807, 2.05) is 6.07 Å². The van der Waals surface area contributed by atoms with E-state index in [4.69, 9.17) is 13.6 Å². The summed E-state index contributed by atoms with van der Waals surface area (Å²) in [5.74, 6) is -0.702. The lowest BCUT2D eigenvalue weighted by atomic mass is 9.79. The molecule has 96 valence electrons. The lowest BCUT2D eigenvalue weighted by Crippen LogP contribution is -2.15. The Morgan fingerprint density at radius 1 is 1.56 bits per heavy atom. The van der Waals surface area contributed by atoms with Crippen LogP contribution in [0.4, 0.5) is 5.69 Å². The second-order valence-corrected chi connectivity index (χ2v) is 4.43. The molecular weight excluding hydrogens is 231 g/mol. The van der Waals surface area contributed by atoms with Crippen molar-refractivity contribution in [3.8, 4) is 0 Å². The number of benzene rings is 1. The number of para-hydroxylation sites is 1. The van der Waals surface area contributed by atoms with E-state index in [9.17, 15) is 15.2 Å². The number of aliphatic hydroxyl groups is 1. The third-order valence-corrected chi connectivity index (χ3v) is 2.81. The first-order chi connectivity index (χ1) is 8.41. The molecule has 1 rings (SSSR count). The molecule has 1 aromatic rings. The van der Waals surface area contributed by atoms with Gasteiger partial charge in [0.05, 0.1) is 14.0 Å². The first-order valence-electron chi connectivity index (χ1n) is 5.84. The molecule has 0 aromatic heterocycles. The zero-order chi connectivity index (χ0) is 13.7. The maximum atomic E-state index is 10.4. The van der Waals surface area contributed by atoms with Crippen LogP contribution in [0.1, 0.15) is 30.3 Å². The van der Waals surface area contributed by atoms with Crippen LogP contribution in [0.5, 0.6) is 0 Å². The number of aryl methyl sites for hydroxylation is 1. The van der Waals surface area contributed by atoms with Gasteiger partial charge in [0.1, 0.15) is 0 Å². The van der Waals surface area contributed by atoms with Crippen molar-refractivity contribution in [3.05, 3.63) is 39.4 Å². The summed E-state index contributed by atoms with van der Waals surface area (Å²) >= 11 is 0. The third kappa shape index (κ3) is 4.03. The van der Waals surface area contributed by atoms with Crippen molar-refractivity contribution in [1.82, 2.24) is 0 Å². The lowest BCUT2D eigenvalue weighted by molar-refractivity contribution is -0.480. The van der Waals surface area contributed by atoms with Gasteiger partial charge in [0, 0.05) is 16.4 Å². The molecule has 2 unspecified atom stereocenters. The average molecular weight is 248 g/mol. The summed E-state index contributed by atoms with van der Waals surface area (Å²) in [7, 11) is 5.75. The zero-order valence-electron chi connectivity index (χ0n) is 10.4. The number of nitrogens with two attached hydrogens (primary N) is 1. The first kappa shape index (κ1) is 14.5. The molecule has 2 atom stereocenters. The van der Waals surface area contributed by atoms with Crippen molar-refractivity contribution < 1.29 is 10.0 Å². The quantitative estimate of drug-likeness (QED) is 0.341. The summed E-state index contributed by atoms with van der Waals surface area (Å²) in [6, 6.07) is 5.33. The topological polar surface area (TPSA) is 89.4 Å². The van der Waals surface area contributed by atoms with Gasteiger partial charge in [0.15, 0.2) is 0 Å². The predicted molar refractivity (Wildman–Crippen MR) is 71.2 cm³/mol. The molecule has 0 aliphatic carbocycles. The molecule has 0 heterocycles. The molecule has 0 bridgehead atoms. The SMILES string of the molecule is [B]C(C[N+](=O)[O-])c1cccc(CCC(C)O)c1N. The van der Waals surface area contributed by atoms with Gasteiger partial charge in [0.25, 0.3) is 0 Å². The van der Waals surface area contributed by atoms with Crippen LogP contribution in [-0.2, 0) is 6.42 Å². The minimum absolute atomic E-state index is 0.343. The van der Waals surface area contributed by atoms with Crippen LogP contribution in [0.2, 0.25) is 0 Å². The number of hydrogen-bond donors (Lipinski definition) is 2. The van der Waals surface area contributed by atoms with Crippen molar-refractivity contribution in [2.24, 2.45) is 0 Å². The number of rotatable bonds is 6. The molecule has 0 spiro atoms. The number of aliphatic hydroxyl groups excluding tert-OH is 1. The molecule has 0 aliphatic rings. The van der Waals surface area contributed by atoms with Crippen LogP contribution in [0.25, 0.3) is 0 Å². The highest BCUT2D eigenvalue weighted by Crippen LogP contribution is 2.25. The Hall–Kier alpha value is -1.56. The number of hydrogen-bond acceptors (Lipinski definition) is 4. The van der Waals surface area contributed by atoms with Crippen LogP contribution in [-0.4, -0.2) is 30.5 Å². The molecule has 18 heavy (non-hydrogen) atoms. The molecule has 0 amide bonds. The minimum Gasteiger partial charge on any atom is -0.398 e. The molecule has 0 saturated heterocycles. The summed E-state index contributed by atoms with van der Waals surface area (Å²) in [6.07, 6.45) is 0.821. The van der Waals surface area contributed by atoms with Gasteiger partial charge in [-0.3, -0.25) is 10.1 Å². The molecule has 6 heteroatoms. The average Bonchev–Trinajstić information content (AvgIpc) is 2.26. The first-order valence-corrected chi connectivity index (χ1v) is 5.84. The lowest BCUT2D eigenvalue weighted by Gasteiger charge is -2.15. The minimum atomic E-state index is -0.702. The van der Waals surface area contributed by atoms with Gasteiger partial charge in [0.2, 0.25) is 6.54 Å². The van der Waals surface area contributed by atoms with E-state index in [1.165, 1.54) is 0 Å². The van der Waals surface area contributed by atoms with E-state index in [0.29, 0.717) is 24.1 Å². The monoisotopic (exact) mass is 248 g/mol. The van der Waals surface area contributed by atoms with Gasteiger partial charge in [-0.2, -0.15) is 0 Å². The highest BCUT2D eigenvalue weighted by Gasteiger charge is 2.16. The van der Waals surface area contributed by atoms with Crippen molar-refractivity contribution in [2.45, 2.75) is 31.7 Å². The van der Waals surface area contributed by atoms with Gasteiger partial charge >= 0.3 is 0 Å². The number of nitrogens with zero attached hydrogens (tertiary/aromatic N) is 1. The van der Waals surface area contributed by atoms with Gasteiger partial charge < -0.3 is 10.8 Å². The van der Waals surface area contributed by atoms with Gasteiger partial charge in [-0.25, -0.2) is 0 Å². The Kier molecular flexibility index (Phi) is 5.16. The van der Waals surface area contributed by atoms with E-state index in [-0.39, 0.29) is 6.54 Å². The maximum absolute atomic E-state index is 10.4. The van der Waals surface area contributed by atoms with Gasteiger partial charge in [-0.15, -0.1) is 0 Å². The fourth-order valence-electron chi connectivity index (χ4n) is 1.80. The molecule has 5 nitrogen and oxygen atoms in total. The van der Waals surface area contributed by atoms with Crippen molar-refractivity contribution >= 4 is 13.5 Å². The van der Waals surface area contributed by atoms with Crippen LogP contribution >= 0.6 is 0 Å². The summed E-state index contributed by atoms with van der Waals surface area (Å²) in [4.78, 5) is 9.99. The summed E-state index contributed by atoms with van der Waals surface area (Å²) in [5.41, 5.74) is 7.92. The number of nitro groups is 1. The molecular formula is C12H17BN2O3. The van der Waals surface area contributed by atoms with Gasteiger partial charge in [-0.1, -0.05) is 18.2 Å². The van der Waals surface area contributed by atoms with Crippen LogP contribution in [0, 0.1) is 10.1 Å². The number of anilines is 1. The summed E-state index contributed by atoms with van der Waals surface area (Å²) in [6.45, 7) is 1.36. The van der Waals surface area contributed by atoms with E-state index >= 15 is 0 Å². The van der Waals surface area contributed by atoms with Crippen LogP contribution < -0.4 is 5.73 Å². The number of nitrogen functional groups attached to an aromatic ring is 1. The molecule has 0 saturated carbocycles. The van der Waals surface area contributed by atoms with Gasteiger partial charge in [-0.05, 0) is 30.9 Å². The van der Waals surface area contributed by atoms with E-state index < -0.39 is 16.8 Å². The van der Waals surface area contributed by atoms with Crippen LogP contribution in [0.3, 0.4) is 0 Å². The second kappa shape index (κ2) is 6.40. The molecule has 1 aromatic carbocycles. The van der Waals surface area contributed by atoms with Crippen molar-refractivity contribution in [3.63, 3.8) is 0 Å². The Morgan fingerprint density at radius 2 is 2.22 bits per heavy atom. The molecule has 0 aliphatic heterocycles. The van der Waals surface area contributed by atoms with Crippen LogP contribution in [0.15, 0.2) is 18.2 Å². The Balaban J connectivity index is 2.87. The Labute approximate surface area is 108 Å². The van der Waals surface area contributed by atoms with Crippen molar-refractivity contribution in [2.75, 3.05) is 12.3 Å². The molecule has 2 radical (unpaired) electrons. The zero-order valence-corrected chi connectivity index (χ0v) is 10.4. The third-order valence-electron chi connectivity index (χ3n) is 2.81. The normalized spacial score (nSPS) is 14.1. The Morgan fingerprint density at radius 3 is 2.78 bits per heavy atom. The van der Waals surface area contributed by atoms with E-state index in [2.05, 4.69) is 0 Å². The summed E-state index contributed by atoms with van der Waals surface area (Å²) in [5, 5.41) is 19.7. The predicted octanol–water partition coefficient (Wildman–Crippen LogP) is 1.07. The highest BCUT2D eigenvalue weighted by atomic mass is 16.6. The van der Waals surface area contributed by atoms with Crippen molar-refractivity contribution in [1.29, 1.82) is 0 Å². The summed E-state index contributed by atoms with van der Waals surface area (Å²) < 4.78 is 0. The second-order valence-electron chi connectivity index (χ2n) is 4.43. The smallest absolute Gasteiger partial charge is 0.202 e. The van der Waals surface area contributed by atoms with E-state index in [0.717, 1.165) is 5.56 Å². The Bertz CT molecular complexity index is 424. The highest BCUT2D eigenvalue weighted by molar-refractivity contribution is 6.13. The largest absolute Gasteiger partial charge is 0.398 e. The standard InChI is InChI=1S/C12H17BN2O3/c1-8(16)5-6-9-3-2-4-10(12(9)14)11(13)7-15(17)18/h2-4,8,11,16H,5-7,14H2,1H3. The maximum Gasteiger partial charge on any atom is 0.202 e. The van der Waals surface area contributed by atoms with E-state index in [1.54, 1.807) is 19.1 Å².